The van der Waals surface area contributed by atoms with E-state index >= 15 is 0 Å². The standard InChI is InChI=1S/C24H21N3O2S2/c28-24(27-12-14-29-15-13-27)21(17-7-2-1-3-8-17)31-23-18-9-4-5-10-19(18)25-22(26-23)20-11-6-16-30-20/h1-11,16,21H,12-15H2. The first kappa shape index (κ1) is 20.2. The van der Waals surface area contributed by atoms with Gasteiger partial charge in [-0.05, 0) is 23.1 Å². The van der Waals surface area contributed by atoms with Crippen molar-refractivity contribution < 1.29 is 9.53 Å². The Kier molecular flexibility index (Phi) is 5.97. The molecule has 7 heteroatoms. The molecule has 1 unspecified atom stereocenters. The number of thiophene rings is 1. The van der Waals surface area contributed by atoms with Gasteiger partial charge in [0, 0.05) is 18.5 Å². The molecule has 5 nitrogen and oxygen atoms in total. The average molecular weight is 448 g/mol. The molecule has 0 N–H and O–H groups in total. The minimum atomic E-state index is -0.381. The molecule has 2 aromatic heterocycles. The van der Waals surface area contributed by atoms with Crippen molar-refractivity contribution in [2.45, 2.75) is 10.3 Å². The summed E-state index contributed by atoms with van der Waals surface area (Å²) in [5, 5.41) is 3.43. The molecule has 5 rings (SSSR count). The number of hydrogen-bond donors (Lipinski definition) is 0. The number of benzene rings is 2. The van der Waals surface area contributed by atoms with Crippen LogP contribution in [0.15, 0.2) is 77.1 Å². The van der Waals surface area contributed by atoms with E-state index < -0.39 is 0 Å². The number of morpholine rings is 1. The largest absolute Gasteiger partial charge is 0.378 e. The first-order chi connectivity index (χ1) is 15.3. The lowest BCUT2D eigenvalue weighted by molar-refractivity contribution is -0.134. The molecule has 0 radical (unpaired) electrons. The van der Waals surface area contributed by atoms with Crippen molar-refractivity contribution in [2.75, 3.05) is 26.3 Å². The topological polar surface area (TPSA) is 55.3 Å². The maximum atomic E-state index is 13.6. The lowest BCUT2D eigenvalue weighted by Crippen LogP contribution is -2.42. The Bertz CT molecular complexity index is 1180. The number of carbonyl (C=O) groups excluding carboxylic acids is 1. The van der Waals surface area contributed by atoms with Crippen molar-refractivity contribution in [3.05, 3.63) is 77.7 Å². The van der Waals surface area contributed by atoms with Gasteiger partial charge >= 0.3 is 0 Å². The SMILES string of the molecule is O=C(C(Sc1nc(-c2cccs2)nc2ccccc12)c1ccccc1)N1CCOCC1. The number of nitrogens with zero attached hydrogens (tertiary/aromatic N) is 3. The lowest BCUT2D eigenvalue weighted by Gasteiger charge is -2.30. The summed E-state index contributed by atoms with van der Waals surface area (Å²) < 4.78 is 5.45. The van der Waals surface area contributed by atoms with Gasteiger partial charge in [-0.2, -0.15) is 0 Å². The molecule has 1 aliphatic rings. The van der Waals surface area contributed by atoms with Crippen molar-refractivity contribution >= 4 is 39.9 Å². The molecule has 1 saturated heterocycles. The zero-order valence-electron chi connectivity index (χ0n) is 16.8. The first-order valence-electron chi connectivity index (χ1n) is 10.2. The highest BCUT2D eigenvalue weighted by molar-refractivity contribution is 8.00. The fraction of sp³-hybridized carbons (Fsp3) is 0.208. The number of aromatic nitrogens is 2. The van der Waals surface area contributed by atoms with Gasteiger partial charge in [0.25, 0.3) is 0 Å². The number of carbonyl (C=O) groups is 1. The van der Waals surface area contributed by atoms with Crippen LogP contribution in [0.1, 0.15) is 10.8 Å². The number of rotatable bonds is 5. The van der Waals surface area contributed by atoms with Crippen LogP contribution >= 0.6 is 23.1 Å². The minimum Gasteiger partial charge on any atom is -0.378 e. The summed E-state index contributed by atoms with van der Waals surface area (Å²) in [7, 11) is 0. The molecule has 0 saturated carbocycles. The summed E-state index contributed by atoms with van der Waals surface area (Å²) in [6, 6.07) is 22.0. The number of ether oxygens (including phenoxy) is 1. The van der Waals surface area contributed by atoms with Crippen molar-refractivity contribution in [3.8, 4) is 10.7 Å². The zero-order valence-corrected chi connectivity index (χ0v) is 18.4. The maximum Gasteiger partial charge on any atom is 0.240 e. The average Bonchev–Trinajstić information content (AvgIpc) is 3.38. The second-order valence-electron chi connectivity index (χ2n) is 7.19. The fourth-order valence-electron chi connectivity index (χ4n) is 3.60. The van der Waals surface area contributed by atoms with Crippen LogP contribution < -0.4 is 0 Å². The summed E-state index contributed by atoms with van der Waals surface area (Å²) in [6.07, 6.45) is 0. The highest BCUT2D eigenvalue weighted by Crippen LogP contribution is 2.40. The lowest BCUT2D eigenvalue weighted by atomic mass is 10.1. The van der Waals surface area contributed by atoms with Crippen LogP contribution in [0.5, 0.6) is 0 Å². The third-order valence-electron chi connectivity index (χ3n) is 5.19. The van der Waals surface area contributed by atoms with Gasteiger partial charge in [-0.3, -0.25) is 4.79 Å². The highest BCUT2D eigenvalue weighted by Gasteiger charge is 2.29. The molecule has 1 atom stereocenters. The molecule has 1 fully saturated rings. The third-order valence-corrected chi connectivity index (χ3v) is 7.30. The van der Waals surface area contributed by atoms with E-state index in [1.165, 1.54) is 11.8 Å². The van der Waals surface area contributed by atoms with Crippen molar-refractivity contribution in [2.24, 2.45) is 0 Å². The number of hydrogen-bond acceptors (Lipinski definition) is 6. The molecule has 156 valence electrons. The van der Waals surface area contributed by atoms with Gasteiger partial charge in [0.05, 0.1) is 23.6 Å². The van der Waals surface area contributed by atoms with E-state index in [1.807, 2.05) is 77.0 Å². The number of amides is 1. The quantitative estimate of drug-likeness (QED) is 0.317. The van der Waals surface area contributed by atoms with Crippen molar-refractivity contribution in [1.82, 2.24) is 14.9 Å². The monoisotopic (exact) mass is 447 g/mol. The van der Waals surface area contributed by atoms with Gasteiger partial charge in [-0.1, -0.05) is 66.4 Å². The Labute approximate surface area is 189 Å². The Morgan fingerprint density at radius 3 is 2.52 bits per heavy atom. The molecule has 3 heterocycles. The van der Waals surface area contributed by atoms with Crippen molar-refractivity contribution in [1.29, 1.82) is 0 Å². The molecule has 1 aliphatic heterocycles. The van der Waals surface area contributed by atoms with E-state index in [1.54, 1.807) is 11.3 Å². The smallest absolute Gasteiger partial charge is 0.240 e. The van der Waals surface area contributed by atoms with Crippen LogP contribution in [0.25, 0.3) is 21.6 Å². The Hall–Kier alpha value is -2.74. The van der Waals surface area contributed by atoms with E-state index in [4.69, 9.17) is 14.7 Å². The van der Waals surface area contributed by atoms with Crippen molar-refractivity contribution in [3.63, 3.8) is 0 Å². The molecule has 0 bridgehead atoms. The maximum absolute atomic E-state index is 13.6. The Morgan fingerprint density at radius 2 is 1.74 bits per heavy atom. The third kappa shape index (κ3) is 4.35. The van der Waals surface area contributed by atoms with Gasteiger partial charge in [-0.25, -0.2) is 9.97 Å². The van der Waals surface area contributed by atoms with E-state index in [2.05, 4.69) is 0 Å². The summed E-state index contributed by atoms with van der Waals surface area (Å²) in [4.78, 5) is 26.1. The van der Waals surface area contributed by atoms with Crippen LogP contribution in [-0.2, 0) is 9.53 Å². The van der Waals surface area contributed by atoms with Gasteiger partial charge < -0.3 is 9.64 Å². The summed E-state index contributed by atoms with van der Waals surface area (Å²) in [5.74, 6) is 0.793. The minimum absolute atomic E-state index is 0.0971. The summed E-state index contributed by atoms with van der Waals surface area (Å²) in [5.41, 5.74) is 1.86. The molecular weight excluding hydrogens is 426 g/mol. The van der Waals surface area contributed by atoms with E-state index in [0.29, 0.717) is 32.1 Å². The summed E-state index contributed by atoms with van der Waals surface area (Å²) >= 11 is 3.12. The number of thioether (sulfide) groups is 1. The molecular formula is C24H21N3O2S2. The van der Waals surface area contributed by atoms with Gasteiger partial charge in [0.1, 0.15) is 10.3 Å². The van der Waals surface area contributed by atoms with Gasteiger partial charge in [0.2, 0.25) is 5.91 Å². The van der Waals surface area contributed by atoms with Crippen LogP contribution in [0.2, 0.25) is 0 Å². The predicted octanol–water partition coefficient (Wildman–Crippen LogP) is 5.05. The molecule has 4 aromatic rings. The first-order valence-corrected chi connectivity index (χ1v) is 11.9. The fourth-order valence-corrected chi connectivity index (χ4v) is 5.47. The summed E-state index contributed by atoms with van der Waals surface area (Å²) in [6.45, 7) is 2.40. The second-order valence-corrected chi connectivity index (χ2v) is 9.23. The van der Waals surface area contributed by atoms with Crippen LogP contribution in [-0.4, -0.2) is 47.1 Å². The molecule has 2 aromatic carbocycles. The zero-order chi connectivity index (χ0) is 21.0. The second kappa shape index (κ2) is 9.18. The molecule has 0 aliphatic carbocycles. The Morgan fingerprint density at radius 1 is 0.968 bits per heavy atom. The van der Waals surface area contributed by atoms with E-state index in [0.717, 1.165) is 26.4 Å². The highest BCUT2D eigenvalue weighted by atomic mass is 32.2. The van der Waals surface area contributed by atoms with Crippen LogP contribution in [0.4, 0.5) is 0 Å². The molecule has 31 heavy (non-hydrogen) atoms. The van der Waals surface area contributed by atoms with Crippen LogP contribution in [0, 0.1) is 0 Å². The molecule has 0 spiro atoms. The predicted molar refractivity (Wildman–Crippen MR) is 125 cm³/mol. The molecule has 1 amide bonds. The van der Waals surface area contributed by atoms with E-state index in [-0.39, 0.29) is 11.2 Å². The van der Waals surface area contributed by atoms with E-state index in [9.17, 15) is 4.79 Å². The number of fused-ring (bicyclic) bond motifs is 1. The van der Waals surface area contributed by atoms with Crippen LogP contribution in [0.3, 0.4) is 0 Å². The van der Waals surface area contributed by atoms with Gasteiger partial charge in [-0.15, -0.1) is 11.3 Å². The van der Waals surface area contributed by atoms with Gasteiger partial charge in [0.15, 0.2) is 5.82 Å². The normalized spacial score (nSPS) is 15.2. The number of para-hydroxylation sites is 1. The Balaban J connectivity index is 1.58.